The maximum Gasteiger partial charge on any atom is 0.407 e. The van der Waals surface area contributed by atoms with Gasteiger partial charge < -0.3 is 10.1 Å². The van der Waals surface area contributed by atoms with Gasteiger partial charge in [0, 0.05) is 24.7 Å². The number of carbonyl (C=O) groups excluding carboxylic acids is 1. The zero-order valence-corrected chi connectivity index (χ0v) is 12.5. The molecule has 1 aromatic carbocycles. The lowest BCUT2D eigenvalue weighted by Crippen LogP contribution is -2.24. The molecular weight excluding hydrogens is 290 g/mol. The summed E-state index contributed by atoms with van der Waals surface area (Å²) in [5, 5.41) is 11.3. The minimum Gasteiger partial charge on any atom is -0.445 e. The van der Waals surface area contributed by atoms with Crippen LogP contribution in [0.15, 0.2) is 48.7 Å². The van der Waals surface area contributed by atoms with Crippen LogP contribution in [0.1, 0.15) is 23.2 Å². The van der Waals surface area contributed by atoms with Gasteiger partial charge in [-0.3, -0.25) is 0 Å². The number of ether oxygens (including phenoxy) is 1. The number of benzene rings is 1. The van der Waals surface area contributed by atoms with E-state index >= 15 is 0 Å². The first kappa shape index (κ1) is 16.1. The van der Waals surface area contributed by atoms with Crippen molar-refractivity contribution in [1.82, 2.24) is 10.3 Å². The minimum atomic E-state index is -0.462. The smallest absolute Gasteiger partial charge is 0.407 e. The normalized spacial score (nSPS) is 9.17. The summed E-state index contributed by atoms with van der Waals surface area (Å²) in [6.45, 7) is 0.652. The van der Waals surface area contributed by atoms with Crippen molar-refractivity contribution < 1.29 is 9.53 Å². The fraction of sp³-hybridized carbons (Fsp3) is 0.167. The van der Waals surface area contributed by atoms with Crippen LogP contribution in [0.2, 0.25) is 0 Å². The Morgan fingerprint density at radius 2 is 2.04 bits per heavy atom. The molecule has 5 heteroatoms. The molecule has 0 radical (unpaired) electrons. The third-order valence-corrected chi connectivity index (χ3v) is 2.84. The Morgan fingerprint density at radius 1 is 1.22 bits per heavy atom. The average molecular weight is 305 g/mol. The summed E-state index contributed by atoms with van der Waals surface area (Å²) in [6, 6.07) is 14.8. The molecule has 0 spiro atoms. The van der Waals surface area contributed by atoms with Crippen molar-refractivity contribution >= 4 is 6.09 Å². The Bertz CT molecular complexity index is 738. The van der Waals surface area contributed by atoms with Gasteiger partial charge in [-0.1, -0.05) is 42.2 Å². The molecule has 0 saturated heterocycles. The summed E-state index contributed by atoms with van der Waals surface area (Å²) < 4.78 is 5.08. The van der Waals surface area contributed by atoms with Crippen LogP contribution in [0.3, 0.4) is 0 Å². The molecule has 0 fully saturated rings. The molecule has 0 saturated carbocycles. The molecule has 0 unspecified atom stereocenters. The highest BCUT2D eigenvalue weighted by molar-refractivity contribution is 5.67. The van der Waals surface area contributed by atoms with Gasteiger partial charge in [-0.25, -0.2) is 9.78 Å². The van der Waals surface area contributed by atoms with E-state index in [2.05, 4.69) is 22.1 Å². The highest BCUT2D eigenvalue weighted by Crippen LogP contribution is 2.00. The number of carbonyl (C=O) groups is 1. The molecule has 2 aromatic rings. The van der Waals surface area contributed by atoms with E-state index < -0.39 is 6.09 Å². The first-order valence-electron chi connectivity index (χ1n) is 7.07. The number of alkyl carbamates (subject to hydrolysis) is 1. The number of aromatic nitrogens is 1. The van der Waals surface area contributed by atoms with E-state index in [1.165, 1.54) is 0 Å². The van der Waals surface area contributed by atoms with E-state index in [1.807, 2.05) is 36.4 Å². The Kier molecular flexibility index (Phi) is 6.19. The first-order chi connectivity index (χ1) is 11.3. The largest absolute Gasteiger partial charge is 0.445 e. The second-order valence-electron chi connectivity index (χ2n) is 4.58. The minimum absolute atomic E-state index is 0.245. The van der Waals surface area contributed by atoms with E-state index in [4.69, 9.17) is 10.00 Å². The van der Waals surface area contributed by atoms with Crippen molar-refractivity contribution in [3.05, 3.63) is 65.5 Å². The van der Waals surface area contributed by atoms with E-state index in [-0.39, 0.29) is 6.61 Å². The number of nitrogens with one attached hydrogen (secondary N) is 1. The van der Waals surface area contributed by atoms with Gasteiger partial charge in [0.15, 0.2) is 0 Å². The number of rotatable bonds is 4. The molecule has 2 rings (SSSR count). The van der Waals surface area contributed by atoms with Gasteiger partial charge in [-0.05, 0) is 17.7 Å². The van der Waals surface area contributed by atoms with Crippen molar-refractivity contribution in [2.24, 2.45) is 0 Å². The lowest BCUT2D eigenvalue weighted by atomic mass is 10.2. The third-order valence-electron chi connectivity index (χ3n) is 2.84. The van der Waals surface area contributed by atoms with Crippen molar-refractivity contribution in [1.29, 1.82) is 5.26 Å². The molecule has 5 nitrogen and oxygen atoms in total. The van der Waals surface area contributed by atoms with Crippen molar-refractivity contribution in [3.8, 4) is 17.9 Å². The fourth-order valence-electron chi connectivity index (χ4n) is 1.70. The molecule has 0 bridgehead atoms. The topological polar surface area (TPSA) is 75.0 Å². The van der Waals surface area contributed by atoms with Gasteiger partial charge in [-0.15, -0.1) is 0 Å². The van der Waals surface area contributed by atoms with Gasteiger partial charge in [0.25, 0.3) is 0 Å². The van der Waals surface area contributed by atoms with Crippen LogP contribution in [0.4, 0.5) is 4.79 Å². The standard InChI is InChI=1S/C18H15N3O2/c19-12-17-10-9-15(13-21-17)6-4-5-11-20-18(22)23-14-16-7-2-1-3-8-16/h1-3,7-10,13H,5,11,14H2,(H,20,22). The molecule has 0 aliphatic rings. The predicted octanol–water partition coefficient (Wildman–Crippen LogP) is 2.62. The van der Waals surface area contributed by atoms with Crippen LogP contribution in [-0.2, 0) is 11.3 Å². The number of hydrogen-bond donors (Lipinski definition) is 1. The van der Waals surface area contributed by atoms with Crippen LogP contribution in [0.5, 0.6) is 0 Å². The maximum absolute atomic E-state index is 11.5. The van der Waals surface area contributed by atoms with E-state index in [0.717, 1.165) is 11.1 Å². The molecule has 0 aliphatic heterocycles. The Balaban J connectivity index is 1.66. The van der Waals surface area contributed by atoms with Crippen LogP contribution in [-0.4, -0.2) is 17.6 Å². The third kappa shape index (κ3) is 5.91. The molecule has 23 heavy (non-hydrogen) atoms. The van der Waals surface area contributed by atoms with Gasteiger partial charge in [0.2, 0.25) is 0 Å². The van der Waals surface area contributed by atoms with Crippen LogP contribution < -0.4 is 5.32 Å². The Hall–Kier alpha value is -3.31. The second-order valence-corrected chi connectivity index (χ2v) is 4.58. The highest BCUT2D eigenvalue weighted by atomic mass is 16.5. The molecule has 1 heterocycles. The highest BCUT2D eigenvalue weighted by Gasteiger charge is 2.00. The van der Waals surface area contributed by atoms with Crippen LogP contribution in [0.25, 0.3) is 0 Å². The molecule has 1 amide bonds. The molecule has 114 valence electrons. The predicted molar refractivity (Wildman–Crippen MR) is 85.1 cm³/mol. The van der Waals surface area contributed by atoms with Crippen molar-refractivity contribution in [2.45, 2.75) is 13.0 Å². The van der Waals surface area contributed by atoms with Gasteiger partial charge in [-0.2, -0.15) is 5.26 Å². The number of nitriles is 1. The Labute approximate surface area is 134 Å². The van der Waals surface area contributed by atoms with Gasteiger partial charge in [0.1, 0.15) is 18.4 Å². The summed E-state index contributed by atoms with van der Waals surface area (Å²) in [6.07, 6.45) is 1.59. The van der Waals surface area contributed by atoms with Crippen LogP contribution >= 0.6 is 0 Å². The molecule has 0 atom stereocenters. The monoisotopic (exact) mass is 305 g/mol. The van der Waals surface area contributed by atoms with Crippen molar-refractivity contribution in [2.75, 3.05) is 6.54 Å². The zero-order chi connectivity index (χ0) is 16.3. The average Bonchev–Trinajstić information content (AvgIpc) is 2.61. The fourth-order valence-corrected chi connectivity index (χ4v) is 1.70. The number of nitrogens with zero attached hydrogens (tertiary/aromatic N) is 2. The number of pyridine rings is 1. The maximum atomic E-state index is 11.5. The van der Waals surface area contributed by atoms with E-state index in [0.29, 0.717) is 18.7 Å². The first-order valence-corrected chi connectivity index (χ1v) is 7.07. The SMILES string of the molecule is N#Cc1ccc(C#CCCNC(=O)OCc2ccccc2)cn1. The Morgan fingerprint density at radius 3 is 2.74 bits per heavy atom. The van der Waals surface area contributed by atoms with Gasteiger partial charge in [0.05, 0.1) is 0 Å². The van der Waals surface area contributed by atoms with E-state index in [1.54, 1.807) is 18.3 Å². The molecule has 1 N–H and O–H groups in total. The van der Waals surface area contributed by atoms with Crippen LogP contribution in [0, 0.1) is 23.2 Å². The van der Waals surface area contributed by atoms with Gasteiger partial charge >= 0.3 is 6.09 Å². The molecule has 0 aliphatic carbocycles. The summed E-state index contributed by atoms with van der Waals surface area (Å²) in [5.41, 5.74) is 2.03. The second kappa shape index (κ2) is 8.86. The summed E-state index contributed by atoms with van der Waals surface area (Å²) in [7, 11) is 0. The summed E-state index contributed by atoms with van der Waals surface area (Å²) in [5.74, 6) is 5.84. The summed E-state index contributed by atoms with van der Waals surface area (Å²) >= 11 is 0. The molecule has 1 aromatic heterocycles. The lowest BCUT2D eigenvalue weighted by molar-refractivity contribution is 0.140. The molecular formula is C18H15N3O2. The zero-order valence-electron chi connectivity index (χ0n) is 12.5. The van der Waals surface area contributed by atoms with E-state index in [9.17, 15) is 4.79 Å². The lowest BCUT2D eigenvalue weighted by Gasteiger charge is -2.05. The number of amides is 1. The number of hydrogen-bond acceptors (Lipinski definition) is 4. The summed E-state index contributed by atoms with van der Waals surface area (Å²) in [4.78, 5) is 15.4. The quantitative estimate of drug-likeness (QED) is 0.696. The van der Waals surface area contributed by atoms with Crippen molar-refractivity contribution in [3.63, 3.8) is 0 Å².